The van der Waals surface area contributed by atoms with Gasteiger partial charge < -0.3 is 9.88 Å². The molecule has 2 rings (SSSR count). The standard InChI is InChI=1S/C16H19BrF2N2/c1-11(2)7-20-8-12-5-6-21(9-12)10-13-15(18)4-3-14(17)16(13)19/h3-6,9,11,20H,7-8,10H2,1-2H3. The van der Waals surface area contributed by atoms with E-state index < -0.39 is 11.6 Å². The van der Waals surface area contributed by atoms with Crippen LogP contribution in [0.1, 0.15) is 25.0 Å². The van der Waals surface area contributed by atoms with Gasteiger partial charge in [-0.15, -0.1) is 0 Å². The van der Waals surface area contributed by atoms with Crippen LogP contribution in [-0.2, 0) is 13.1 Å². The fourth-order valence-corrected chi connectivity index (χ4v) is 2.47. The van der Waals surface area contributed by atoms with Crippen LogP contribution in [-0.4, -0.2) is 11.1 Å². The zero-order valence-electron chi connectivity index (χ0n) is 12.2. The Bertz CT molecular complexity index is 608. The van der Waals surface area contributed by atoms with Crippen molar-refractivity contribution in [3.05, 3.63) is 57.8 Å². The minimum absolute atomic E-state index is 0.0710. The van der Waals surface area contributed by atoms with Crippen LogP contribution in [0, 0.1) is 17.6 Å². The molecule has 0 atom stereocenters. The van der Waals surface area contributed by atoms with Gasteiger partial charge in [-0.1, -0.05) is 13.8 Å². The van der Waals surface area contributed by atoms with E-state index in [0.29, 0.717) is 5.92 Å². The number of nitrogens with one attached hydrogen (secondary N) is 1. The van der Waals surface area contributed by atoms with E-state index in [9.17, 15) is 8.78 Å². The molecule has 1 N–H and O–H groups in total. The summed E-state index contributed by atoms with van der Waals surface area (Å²) in [5.74, 6) is -0.469. The SMILES string of the molecule is CC(C)CNCc1ccn(Cc2c(F)ccc(Br)c2F)c1. The molecule has 0 aliphatic carbocycles. The monoisotopic (exact) mass is 356 g/mol. The van der Waals surface area contributed by atoms with Gasteiger partial charge in [0.15, 0.2) is 0 Å². The first-order chi connectivity index (χ1) is 9.97. The van der Waals surface area contributed by atoms with Gasteiger partial charge >= 0.3 is 0 Å². The highest BCUT2D eigenvalue weighted by molar-refractivity contribution is 9.10. The van der Waals surface area contributed by atoms with Gasteiger partial charge in [-0.05, 0) is 52.2 Å². The number of nitrogens with zero attached hydrogens (tertiary/aromatic N) is 1. The summed E-state index contributed by atoms with van der Waals surface area (Å²) in [6.45, 7) is 6.18. The van der Waals surface area contributed by atoms with E-state index in [4.69, 9.17) is 0 Å². The second-order valence-electron chi connectivity index (χ2n) is 5.54. The van der Waals surface area contributed by atoms with Crippen molar-refractivity contribution < 1.29 is 8.78 Å². The lowest BCUT2D eigenvalue weighted by Crippen LogP contribution is -2.18. The number of rotatable bonds is 6. The van der Waals surface area contributed by atoms with E-state index in [-0.39, 0.29) is 16.6 Å². The highest BCUT2D eigenvalue weighted by Gasteiger charge is 2.12. The number of hydrogen-bond donors (Lipinski definition) is 1. The molecule has 0 saturated heterocycles. The molecule has 5 heteroatoms. The van der Waals surface area contributed by atoms with Gasteiger partial charge in [-0.25, -0.2) is 8.78 Å². The molecule has 0 amide bonds. The van der Waals surface area contributed by atoms with Crippen molar-refractivity contribution >= 4 is 15.9 Å². The summed E-state index contributed by atoms with van der Waals surface area (Å²) in [5.41, 5.74) is 1.17. The number of benzene rings is 1. The lowest BCUT2D eigenvalue weighted by atomic mass is 10.2. The summed E-state index contributed by atoms with van der Waals surface area (Å²) in [6, 6.07) is 4.61. The molecule has 1 aromatic heterocycles. The lowest BCUT2D eigenvalue weighted by molar-refractivity contribution is 0.539. The third-order valence-electron chi connectivity index (χ3n) is 3.17. The molecule has 0 bridgehead atoms. The summed E-state index contributed by atoms with van der Waals surface area (Å²) in [6.07, 6.45) is 3.75. The molecule has 21 heavy (non-hydrogen) atoms. The van der Waals surface area contributed by atoms with Crippen molar-refractivity contribution in [2.24, 2.45) is 5.92 Å². The molecule has 0 saturated carbocycles. The summed E-state index contributed by atoms with van der Waals surface area (Å²) in [4.78, 5) is 0. The van der Waals surface area contributed by atoms with Crippen molar-refractivity contribution in [1.82, 2.24) is 9.88 Å². The molecule has 0 aliphatic heterocycles. The zero-order valence-corrected chi connectivity index (χ0v) is 13.8. The van der Waals surface area contributed by atoms with Crippen molar-refractivity contribution in [3.8, 4) is 0 Å². The maximum atomic E-state index is 13.9. The lowest BCUT2D eigenvalue weighted by Gasteiger charge is -2.08. The Morgan fingerprint density at radius 2 is 2.00 bits per heavy atom. The first kappa shape index (κ1) is 16.2. The fourth-order valence-electron chi connectivity index (χ4n) is 2.10. The van der Waals surface area contributed by atoms with Crippen LogP contribution in [0.2, 0.25) is 0 Å². The Balaban J connectivity index is 2.04. The molecule has 0 fully saturated rings. The highest BCUT2D eigenvalue weighted by Crippen LogP contribution is 2.22. The Hall–Kier alpha value is -1.20. The molecule has 1 aromatic carbocycles. The molecule has 0 unspecified atom stereocenters. The zero-order chi connectivity index (χ0) is 15.4. The summed E-state index contributed by atoms with van der Waals surface area (Å²) in [7, 11) is 0. The van der Waals surface area contributed by atoms with Gasteiger partial charge in [-0.3, -0.25) is 0 Å². The predicted octanol–water partition coefficient (Wildman–Crippen LogP) is 4.32. The predicted molar refractivity (Wildman–Crippen MR) is 84.1 cm³/mol. The highest BCUT2D eigenvalue weighted by atomic mass is 79.9. The Kier molecular flexibility index (Phi) is 5.53. The van der Waals surface area contributed by atoms with E-state index in [2.05, 4.69) is 35.1 Å². The quantitative estimate of drug-likeness (QED) is 0.762. The van der Waals surface area contributed by atoms with Gasteiger partial charge in [0, 0.05) is 24.5 Å². The molecule has 2 nitrogen and oxygen atoms in total. The number of halogens is 3. The van der Waals surface area contributed by atoms with Crippen molar-refractivity contribution in [3.63, 3.8) is 0 Å². The first-order valence-corrected chi connectivity index (χ1v) is 7.74. The smallest absolute Gasteiger partial charge is 0.145 e. The Morgan fingerprint density at radius 3 is 2.71 bits per heavy atom. The van der Waals surface area contributed by atoms with Crippen LogP contribution in [0.3, 0.4) is 0 Å². The van der Waals surface area contributed by atoms with Crippen molar-refractivity contribution in [1.29, 1.82) is 0 Å². The molecular weight excluding hydrogens is 338 g/mol. The molecule has 0 aliphatic rings. The second kappa shape index (κ2) is 7.18. The van der Waals surface area contributed by atoms with Crippen LogP contribution >= 0.6 is 15.9 Å². The van der Waals surface area contributed by atoms with Gasteiger partial charge in [0.1, 0.15) is 11.6 Å². The van der Waals surface area contributed by atoms with Crippen LogP contribution in [0.25, 0.3) is 0 Å². The average molecular weight is 357 g/mol. The van der Waals surface area contributed by atoms with Crippen LogP contribution in [0.5, 0.6) is 0 Å². The van der Waals surface area contributed by atoms with E-state index >= 15 is 0 Å². The topological polar surface area (TPSA) is 17.0 Å². The number of aromatic nitrogens is 1. The molecular formula is C16H19BrF2N2. The van der Waals surface area contributed by atoms with Crippen molar-refractivity contribution in [2.45, 2.75) is 26.9 Å². The van der Waals surface area contributed by atoms with Gasteiger partial charge in [0.2, 0.25) is 0 Å². The normalized spacial score (nSPS) is 11.3. The Labute approximate surface area is 132 Å². The van der Waals surface area contributed by atoms with Gasteiger partial charge in [0.25, 0.3) is 0 Å². The van der Waals surface area contributed by atoms with Crippen molar-refractivity contribution in [2.75, 3.05) is 6.54 Å². The van der Waals surface area contributed by atoms with E-state index in [1.165, 1.54) is 12.1 Å². The summed E-state index contributed by atoms with van der Waals surface area (Å²) >= 11 is 3.09. The third kappa shape index (κ3) is 4.38. The molecule has 114 valence electrons. The molecule has 1 heterocycles. The second-order valence-corrected chi connectivity index (χ2v) is 6.39. The summed E-state index contributed by atoms with van der Waals surface area (Å²) < 4.78 is 29.7. The average Bonchev–Trinajstić information content (AvgIpc) is 2.86. The minimum Gasteiger partial charge on any atom is -0.349 e. The maximum Gasteiger partial charge on any atom is 0.145 e. The summed E-state index contributed by atoms with van der Waals surface area (Å²) in [5, 5.41) is 3.34. The molecule has 2 aromatic rings. The van der Waals surface area contributed by atoms with Gasteiger partial charge in [0.05, 0.1) is 11.0 Å². The molecule has 0 spiro atoms. The minimum atomic E-state index is -0.539. The largest absolute Gasteiger partial charge is 0.349 e. The maximum absolute atomic E-state index is 13.9. The van der Waals surface area contributed by atoms with E-state index in [1.807, 2.05) is 18.5 Å². The number of hydrogen-bond acceptors (Lipinski definition) is 1. The van der Waals surface area contributed by atoms with Crippen LogP contribution in [0.4, 0.5) is 8.78 Å². The third-order valence-corrected chi connectivity index (χ3v) is 3.79. The van der Waals surface area contributed by atoms with Crippen LogP contribution < -0.4 is 5.32 Å². The van der Waals surface area contributed by atoms with Gasteiger partial charge in [-0.2, -0.15) is 0 Å². The van der Waals surface area contributed by atoms with E-state index in [1.54, 1.807) is 4.57 Å². The Morgan fingerprint density at radius 1 is 1.24 bits per heavy atom. The fraction of sp³-hybridized carbons (Fsp3) is 0.375. The first-order valence-electron chi connectivity index (χ1n) is 6.95. The van der Waals surface area contributed by atoms with E-state index in [0.717, 1.165) is 18.7 Å². The molecule has 0 radical (unpaired) electrons. The van der Waals surface area contributed by atoms with Crippen LogP contribution in [0.15, 0.2) is 35.1 Å².